The average Bonchev–Trinajstić information content (AvgIpc) is 2.87. The number of fused-ring (bicyclic) bond motifs is 1. The maximum absolute atomic E-state index is 12.7. The molecule has 2 saturated heterocycles. The van der Waals surface area contributed by atoms with Gasteiger partial charge in [0.2, 0.25) is 0 Å². The van der Waals surface area contributed by atoms with Crippen molar-refractivity contribution in [3.05, 3.63) is 34.3 Å². The molecule has 0 spiro atoms. The van der Waals surface area contributed by atoms with Gasteiger partial charge < -0.3 is 19.1 Å². The Balaban J connectivity index is 1.92. The predicted molar refractivity (Wildman–Crippen MR) is 75.6 cm³/mol. The molecule has 2 heterocycles. The molecule has 2 aliphatic rings. The van der Waals surface area contributed by atoms with E-state index >= 15 is 0 Å². The first-order chi connectivity index (χ1) is 10.1. The van der Waals surface area contributed by atoms with Crippen molar-refractivity contribution in [1.82, 2.24) is 4.90 Å². The van der Waals surface area contributed by atoms with Crippen molar-refractivity contribution in [3.8, 4) is 0 Å². The van der Waals surface area contributed by atoms with Crippen LogP contribution in [0.2, 0.25) is 0 Å². The van der Waals surface area contributed by atoms with Gasteiger partial charge in [0.1, 0.15) is 12.7 Å². The van der Waals surface area contributed by atoms with Crippen LogP contribution in [0.3, 0.4) is 0 Å². The highest BCUT2D eigenvalue weighted by atomic mass is 79.9. The van der Waals surface area contributed by atoms with E-state index in [1.165, 1.54) is 12.0 Å². The molecule has 21 heavy (non-hydrogen) atoms. The average molecular weight is 356 g/mol. The van der Waals surface area contributed by atoms with Crippen LogP contribution in [0.1, 0.15) is 10.4 Å². The molecular formula is C14H14BrNO5. The van der Waals surface area contributed by atoms with Crippen molar-refractivity contribution in [3.63, 3.8) is 0 Å². The Morgan fingerprint density at radius 1 is 1.43 bits per heavy atom. The first-order valence-corrected chi connectivity index (χ1v) is 7.31. The minimum Gasteiger partial charge on any atom is -0.461 e. The van der Waals surface area contributed by atoms with Crippen molar-refractivity contribution in [2.24, 2.45) is 0 Å². The Morgan fingerprint density at radius 2 is 2.19 bits per heavy atom. The Kier molecular flexibility index (Phi) is 3.97. The third-order valence-electron chi connectivity index (χ3n) is 3.62. The highest BCUT2D eigenvalue weighted by Gasteiger charge is 2.49. The number of carbonyl (C=O) groups excluding carboxylic acids is 2. The zero-order valence-electron chi connectivity index (χ0n) is 11.3. The summed E-state index contributed by atoms with van der Waals surface area (Å²) >= 11 is 3.36. The lowest BCUT2D eigenvalue weighted by Crippen LogP contribution is -2.58. The van der Waals surface area contributed by atoms with E-state index in [1.807, 2.05) is 6.07 Å². The number of halogens is 1. The molecule has 3 atom stereocenters. The van der Waals surface area contributed by atoms with E-state index < -0.39 is 24.4 Å². The second-order valence-corrected chi connectivity index (χ2v) is 5.71. The molecule has 2 aliphatic heterocycles. The second-order valence-electron chi connectivity index (χ2n) is 4.85. The smallest absolute Gasteiger partial charge is 0.331 e. The molecule has 6 nitrogen and oxygen atoms in total. The third kappa shape index (κ3) is 2.56. The number of esters is 1. The summed E-state index contributed by atoms with van der Waals surface area (Å²) in [5, 5.41) is 0. The number of nitrogens with zero attached hydrogens (tertiary/aromatic N) is 1. The molecule has 7 heteroatoms. The van der Waals surface area contributed by atoms with E-state index in [0.29, 0.717) is 10.0 Å². The van der Waals surface area contributed by atoms with Gasteiger partial charge in [-0.1, -0.05) is 12.1 Å². The standard InChI is InChI=1S/C14H14BrNO5/c1-19-11-6-16(12-10(21-11)7-20-14(12)18)13(17)8-4-2-3-5-9(8)15/h2-5,10-12H,6-7H2,1H3. The molecule has 0 aliphatic carbocycles. The van der Waals surface area contributed by atoms with E-state index in [-0.39, 0.29) is 19.1 Å². The Labute approximate surface area is 130 Å². The van der Waals surface area contributed by atoms with Gasteiger partial charge in [0, 0.05) is 11.6 Å². The zero-order chi connectivity index (χ0) is 15.0. The Hall–Kier alpha value is -1.44. The number of methoxy groups -OCH3 is 1. The molecular weight excluding hydrogens is 342 g/mol. The van der Waals surface area contributed by atoms with Gasteiger partial charge in [0.25, 0.3) is 5.91 Å². The van der Waals surface area contributed by atoms with Crippen molar-refractivity contribution >= 4 is 27.8 Å². The van der Waals surface area contributed by atoms with Gasteiger partial charge in [-0.25, -0.2) is 4.79 Å². The normalized spacial score (nSPS) is 28.2. The van der Waals surface area contributed by atoms with Crippen LogP contribution in [-0.2, 0) is 19.0 Å². The summed E-state index contributed by atoms with van der Waals surface area (Å²) in [6.07, 6.45) is -1.05. The third-order valence-corrected chi connectivity index (χ3v) is 4.31. The summed E-state index contributed by atoms with van der Waals surface area (Å²) in [6, 6.07) is 6.38. The predicted octanol–water partition coefficient (Wildman–Crippen LogP) is 1.19. The van der Waals surface area contributed by atoms with Crippen LogP contribution in [0.25, 0.3) is 0 Å². The maximum atomic E-state index is 12.7. The molecule has 0 bridgehead atoms. The molecule has 112 valence electrons. The number of amides is 1. The highest BCUT2D eigenvalue weighted by molar-refractivity contribution is 9.10. The maximum Gasteiger partial charge on any atom is 0.331 e. The van der Waals surface area contributed by atoms with Crippen molar-refractivity contribution in [2.45, 2.75) is 18.4 Å². The van der Waals surface area contributed by atoms with Crippen LogP contribution in [0.5, 0.6) is 0 Å². The van der Waals surface area contributed by atoms with Gasteiger partial charge in [0.05, 0.1) is 12.1 Å². The van der Waals surface area contributed by atoms with Gasteiger partial charge in [-0.3, -0.25) is 4.79 Å². The number of rotatable bonds is 2. The van der Waals surface area contributed by atoms with Crippen LogP contribution >= 0.6 is 15.9 Å². The topological polar surface area (TPSA) is 65.1 Å². The fourth-order valence-electron chi connectivity index (χ4n) is 2.58. The fourth-order valence-corrected chi connectivity index (χ4v) is 3.03. The first kappa shape index (κ1) is 14.5. The van der Waals surface area contributed by atoms with Gasteiger partial charge in [-0.05, 0) is 28.1 Å². The summed E-state index contributed by atoms with van der Waals surface area (Å²) in [6.45, 7) is 0.329. The quantitative estimate of drug-likeness (QED) is 0.745. The van der Waals surface area contributed by atoms with Crippen LogP contribution in [0.4, 0.5) is 0 Å². The van der Waals surface area contributed by atoms with Crippen LogP contribution < -0.4 is 0 Å². The van der Waals surface area contributed by atoms with Crippen molar-refractivity contribution < 1.29 is 23.8 Å². The van der Waals surface area contributed by atoms with Crippen molar-refractivity contribution in [1.29, 1.82) is 0 Å². The van der Waals surface area contributed by atoms with Crippen LogP contribution in [-0.4, -0.2) is 55.5 Å². The number of morpholine rings is 1. The van der Waals surface area contributed by atoms with E-state index in [4.69, 9.17) is 14.2 Å². The molecule has 3 rings (SSSR count). The van der Waals surface area contributed by atoms with E-state index in [9.17, 15) is 9.59 Å². The van der Waals surface area contributed by atoms with E-state index in [2.05, 4.69) is 15.9 Å². The molecule has 1 amide bonds. The monoisotopic (exact) mass is 355 g/mol. The summed E-state index contributed by atoms with van der Waals surface area (Å²) in [5.74, 6) is -0.684. The fraction of sp³-hybridized carbons (Fsp3) is 0.429. The first-order valence-electron chi connectivity index (χ1n) is 6.52. The molecule has 0 saturated carbocycles. The largest absolute Gasteiger partial charge is 0.461 e. The Bertz CT molecular complexity index is 578. The molecule has 1 aromatic carbocycles. The lowest BCUT2D eigenvalue weighted by molar-refractivity contribution is -0.199. The van der Waals surface area contributed by atoms with Crippen molar-refractivity contribution in [2.75, 3.05) is 20.3 Å². The minimum absolute atomic E-state index is 0.142. The number of hydrogen-bond donors (Lipinski definition) is 0. The number of cyclic esters (lactones) is 1. The zero-order valence-corrected chi connectivity index (χ0v) is 12.9. The highest BCUT2D eigenvalue weighted by Crippen LogP contribution is 2.28. The summed E-state index contributed by atoms with van der Waals surface area (Å²) < 4.78 is 16.5. The lowest BCUT2D eigenvalue weighted by atomic mass is 10.1. The Morgan fingerprint density at radius 3 is 2.90 bits per heavy atom. The van der Waals surface area contributed by atoms with Gasteiger partial charge in [-0.2, -0.15) is 0 Å². The number of benzene rings is 1. The lowest BCUT2D eigenvalue weighted by Gasteiger charge is -2.38. The van der Waals surface area contributed by atoms with E-state index in [1.54, 1.807) is 18.2 Å². The molecule has 0 radical (unpaired) electrons. The van der Waals surface area contributed by atoms with Gasteiger partial charge in [-0.15, -0.1) is 0 Å². The van der Waals surface area contributed by atoms with Gasteiger partial charge >= 0.3 is 5.97 Å². The molecule has 3 unspecified atom stereocenters. The summed E-state index contributed by atoms with van der Waals surface area (Å²) in [7, 11) is 1.50. The molecule has 2 fully saturated rings. The molecule has 0 aromatic heterocycles. The number of carbonyl (C=O) groups is 2. The summed E-state index contributed by atoms with van der Waals surface area (Å²) in [5.41, 5.74) is 0.493. The molecule has 0 N–H and O–H groups in total. The number of hydrogen-bond acceptors (Lipinski definition) is 5. The van der Waals surface area contributed by atoms with Crippen LogP contribution in [0.15, 0.2) is 28.7 Å². The molecule has 1 aromatic rings. The minimum atomic E-state index is -0.712. The van der Waals surface area contributed by atoms with Crippen LogP contribution in [0, 0.1) is 0 Å². The summed E-state index contributed by atoms with van der Waals surface area (Å²) in [4.78, 5) is 26.1. The number of ether oxygens (including phenoxy) is 3. The van der Waals surface area contributed by atoms with E-state index in [0.717, 1.165) is 0 Å². The van der Waals surface area contributed by atoms with Gasteiger partial charge in [0.15, 0.2) is 12.3 Å². The SMILES string of the molecule is COC1CN(C(=O)c2ccccc2Br)C2C(=O)OCC2O1. The second kappa shape index (κ2) is 5.75.